The molecule has 0 aliphatic carbocycles. The zero-order valence-corrected chi connectivity index (χ0v) is 49.8. The summed E-state index contributed by atoms with van der Waals surface area (Å²) in [6.07, 6.45) is 98.2. The zero-order valence-electron chi connectivity index (χ0n) is 49.8. The molecule has 0 radical (unpaired) electrons. The molecule has 0 fully saturated rings. The summed E-state index contributed by atoms with van der Waals surface area (Å²) >= 11 is 0. The highest BCUT2D eigenvalue weighted by molar-refractivity contribution is 5.76. The van der Waals surface area contributed by atoms with Crippen LogP contribution < -0.4 is 5.32 Å². The topological polar surface area (TPSA) is 69.6 Å². The van der Waals surface area contributed by atoms with E-state index in [1.54, 1.807) is 0 Å². The second-order valence-electron chi connectivity index (χ2n) is 21.8. The number of aliphatic hydroxyl groups is 2. The van der Waals surface area contributed by atoms with Crippen molar-refractivity contribution in [3.05, 3.63) is 109 Å². The average molecular weight is 1040 g/mol. The van der Waals surface area contributed by atoms with E-state index in [4.69, 9.17) is 0 Å². The summed E-state index contributed by atoms with van der Waals surface area (Å²) in [5.41, 5.74) is 0. The smallest absolute Gasteiger partial charge is 0.220 e. The third kappa shape index (κ3) is 61.8. The summed E-state index contributed by atoms with van der Waals surface area (Å²) in [5, 5.41) is 23.4. The number of amides is 1. The van der Waals surface area contributed by atoms with Gasteiger partial charge in [-0.05, 0) is 83.5 Å². The molecule has 4 heteroatoms. The fourth-order valence-electron chi connectivity index (χ4n) is 9.65. The van der Waals surface area contributed by atoms with Gasteiger partial charge in [-0.1, -0.05) is 335 Å². The van der Waals surface area contributed by atoms with Crippen LogP contribution in [-0.4, -0.2) is 34.9 Å². The van der Waals surface area contributed by atoms with Crippen molar-refractivity contribution in [1.29, 1.82) is 0 Å². The minimum atomic E-state index is -0.678. The molecule has 0 bridgehead atoms. The van der Waals surface area contributed by atoms with E-state index in [0.29, 0.717) is 12.8 Å². The number of unbranched alkanes of at least 4 members (excludes halogenated alkanes) is 34. The summed E-state index contributed by atoms with van der Waals surface area (Å²) in [7, 11) is 0. The van der Waals surface area contributed by atoms with Crippen molar-refractivity contribution in [3.63, 3.8) is 0 Å². The van der Waals surface area contributed by atoms with Crippen molar-refractivity contribution in [2.24, 2.45) is 0 Å². The van der Waals surface area contributed by atoms with Gasteiger partial charge in [-0.2, -0.15) is 0 Å². The molecule has 0 saturated heterocycles. The summed E-state index contributed by atoms with van der Waals surface area (Å²) in [4.78, 5) is 12.5. The Morgan fingerprint density at radius 1 is 0.333 bits per heavy atom. The number of nitrogens with one attached hydrogen (secondary N) is 1. The van der Waals surface area contributed by atoms with Crippen molar-refractivity contribution in [2.45, 2.75) is 328 Å². The van der Waals surface area contributed by atoms with Crippen molar-refractivity contribution < 1.29 is 15.0 Å². The van der Waals surface area contributed by atoms with E-state index in [1.807, 2.05) is 0 Å². The van der Waals surface area contributed by atoms with E-state index >= 15 is 0 Å². The number of aliphatic hydroxyl groups excluding tert-OH is 2. The van der Waals surface area contributed by atoms with Gasteiger partial charge >= 0.3 is 0 Å². The molecule has 2 unspecified atom stereocenters. The maximum absolute atomic E-state index is 12.5. The van der Waals surface area contributed by atoms with E-state index in [0.717, 1.165) is 96.3 Å². The average Bonchev–Trinajstić information content (AvgIpc) is 3.41. The molecule has 0 aliphatic rings. The first kappa shape index (κ1) is 72.0. The van der Waals surface area contributed by atoms with Crippen LogP contribution in [0.3, 0.4) is 0 Å². The van der Waals surface area contributed by atoms with Crippen LogP contribution in [0.5, 0.6) is 0 Å². The molecule has 75 heavy (non-hydrogen) atoms. The van der Waals surface area contributed by atoms with Crippen LogP contribution in [0, 0.1) is 0 Å². The summed E-state index contributed by atoms with van der Waals surface area (Å²) in [5.74, 6) is -0.0507. The number of carbonyl (C=O) groups is 1. The molecule has 0 aromatic carbocycles. The number of hydrogen-bond acceptors (Lipinski definition) is 3. The lowest BCUT2D eigenvalue weighted by molar-refractivity contribution is -0.123. The molecule has 0 aliphatic heterocycles. The molecule has 0 aromatic rings. The molecule has 0 rings (SSSR count). The lowest BCUT2D eigenvalue weighted by atomic mass is 10.0. The maximum Gasteiger partial charge on any atom is 0.220 e. The highest BCUT2D eigenvalue weighted by Crippen LogP contribution is 2.18. The van der Waals surface area contributed by atoms with Gasteiger partial charge in [-0.15, -0.1) is 0 Å². The predicted octanol–water partition coefficient (Wildman–Crippen LogP) is 22.2. The molecule has 432 valence electrons. The SMILES string of the molecule is CC/C=C\C/C=C\C/C=C\C/C=C\C/C=C\C/C=C\C/C=C\C/C=C\C/C=C\CCCCCCCC(=O)NC(CO)C(O)CCCCCCCCCCCCCCCCCCCCCCCCCCCCCCCC. The molecule has 0 heterocycles. The highest BCUT2D eigenvalue weighted by Gasteiger charge is 2.20. The number of rotatable bonds is 59. The first-order chi connectivity index (χ1) is 37.2. The maximum atomic E-state index is 12.5. The molecular weight excluding hydrogens is 915 g/mol. The standard InChI is InChI=1S/C71H125NO3/c1-3-5-7-9-11-13-15-17-19-21-23-25-27-29-31-33-35-36-37-39-41-43-45-47-49-51-53-55-57-59-61-63-65-67-71(75)72-69(68-73)70(74)66-64-62-60-58-56-54-52-50-48-46-44-42-40-38-34-32-30-28-26-24-22-20-18-16-14-12-10-8-6-4-2/h5,7,11,13,17,19,23,25,29,31,35-36,39,41,45,47,51,53,69-70,73-74H,3-4,6,8-10,12,14-16,18,20-22,24,26-28,30,32-34,37-38,40,42-44,46,48-50,52,54-68H2,1-2H3,(H,72,75)/b7-5-,13-11-,19-17-,25-23-,31-29-,36-35-,41-39-,47-45-,53-51-. The van der Waals surface area contributed by atoms with Crippen LogP contribution in [0.15, 0.2) is 109 Å². The van der Waals surface area contributed by atoms with Gasteiger partial charge in [0.15, 0.2) is 0 Å². The third-order valence-corrected chi connectivity index (χ3v) is 14.5. The Balaban J connectivity index is 3.55. The summed E-state index contributed by atoms with van der Waals surface area (Å²) < 4.78 is 0. The van der Waals surface area contributed by atoms with Gasteiger partial charge < -0.3 is 15.5 Å². The van der Waals surface area contributed by atoms with Gasteiger partial charge in [-0.25, -0.2) is 0 Å². The monoisotopic (exact) mass is 1040 g/mol. The Labute approximate surface area is 467 Å². The molecule has 3 N–H and O–H groups in total. The second kappa shape index (κ2) is 65.3. The minimum absolute atomic E-state index is 0.0507. The first-order valence-electron chi connectivity index (χ1n) is 32.6. The number of allylic oxidation sites excluding steroid dienone is 18. The highest BCUT2D eigenvalue weighted by atomic mass is 16.3. The van der Waals surface area contributed by atoms with Gasteiger partial charge in [0.25, 0.3) is 0 Å². The fourth-order valence-corrected chi connectivity index (χ4v) is 9.65. The summed E-state index contributed by atoms with van der Waals surface area (Å²) in [6, 6.07) is -0.557. The molecule has 0 aromatic heterocycles. The number of carbonyl (C=O) groups excluding carboxylic acids is 1. The van der Waals surface area contributed by atoms with Crippen LogP contribution in [0.2, 0.25) is 0 Å². The predicted molar refractivity (Wildman–Crippen MR) is 336 cm³/mol. The van der Waals surface area contributed by atoms with Crippen molar-refractivity contribution in [1.82, 2.24) is 5.32 Å². The van der Waals surface area contributed by atoms with Gasteiger partial charge in [-0.3, -0.25) is 4.79 Å². The van der Waals surface area contributed by atoms with Gasteiger partial charge in [0.05, 0.1) is 18.8 Å². The quantitative estimate of drug-likeness (QED) is 0.0420. The van der Waals surface area contributed by atoms with E-state index in [-0.39, 0.29) is 12.5 Å². The molecule has 4 nitrogen and oxygen atoms in total. The lowest BCUT2D eigenvalue weighted by Crippen LogP contribution is -2.45. The van der Waals surface area contributed by atoms with E-state index in [9.17, 15) is 15.0 Å². The van der Waals surface area contributed by atoms with Crippen LogP contribution in [0.4, 0.5) is 0 Å². The first-order valence-corrected chi connectivity index (χ1v) is 32.6. The minimum Gasteiger partial charge on any atom is -0.394 e. The Morgan fingerprint density at radius 2 is 0.587 bits per heavy atom. The third-order valence-electron chi connectivity index (χ3n) is 14.5. The molecule has 0 saturated carbocycles. The number of hydrogen-bond donors (Lipinski definition) is 3. The lowest BCUT2D eigenvalue weighted by Gasteiger charge is -2.22. The van der Waals surface area contributed by atoms with E-state index in [2.05, 4.69) is 129 Å². The van der Waals surface area contributed by atoms with Crippen LogP contribution in [0.25, 0.3) is 0 Å². The van der Waals surface area contributed by atoms with Gasteiger partial charge in [0, 0.05) is 6.42 Å². The second-order valence-corrected chi connectivity index (χ2v) is 21.8. The molecule has 0 spiro atoms. The fraction of sp³-hybridized carbons (Fsp3) is 0.732. The van der Waals surface area contributed by atoms with Crippen molar-refractivity contribution in [3.8, 4) is 0 Å². The Morgan fingerprint density at radius 3 is 0.880 bits per heavy atom. The van der Waals surface area contributed by atoms with E-state index < -0.39 is 12.1 Å². The zero-order chi connectivity index (χ0) is 54.1. The Bertz CT molecular complexity index is 1410. The van der Waals surface area contributed by atoms with Gasteiger partial charge in [0.1, 0.15) is 0 Å². The van der Waals surface area contributed by atoms with Crippen molar-refractivity contribution >= 4 is 5.91 Å². The van der Waals surface area contributed by atoms with E-state index in [1.165, 1.54) is 193 Å². The molecule has 1 amide bonds. The Hall–Kier alpha value is -2.95. The largest absolute Gasteiger partial charge is 0.394 e. The Kier molecular flexibility index (Phi) is 62.8. The normalized spacial score (nSPS) is 13.5. The van der Waals surface area contributed by atoms with Crippen molar-refractivity contribution in [2.75, 3.05) is 6.61 Å². The van der Waals surface area contributed by atoms with Crippen LogP contribution in [0.1, 0.15) is 316 Å². The molecule has 2 atom stereocenters. The molecular formula is C71H125NO3. The van der Waals surface area contributed by atoms with Crippen LogP contribution >= 0.6 is 0 Å². The summed E-state index contributed by atoms with van der Waals surface area (Å²) in [6.45, 7) is 4.26. The van der Waals surface area contributed by atoms with Gasteiger partial charge in [0.2, 0.25) is 5.91 Å². The van der Waals surface area contributed by atoms with Crippen LogP contribution in [-0.2, 0) is 4.79 Å².